The van der Waals surface area contributed by atoms with Crippen molar-refractivity contribution in [2.75, 3.05) is 18.4 Å². The first-order chi connectivity index (χ1) is 16.5. The summed E-state index contributed by atoms with van der Waals surface area (Å²) in [7, 11) is 0. The first kappa shape index (κ1) is 25.5. The van der Waals surface area contributed by atoms with Crippen LogP contribution in [0.2, 0.25) is 0 Å². The zero-order valence-electron chi connectivity index (χ0n) is 20.9. The van der Waals surface area contributed by atoms with Gasteiger partial charge in [-0.3, -0.25) is 9.36 Å². The lowest BCUT2D eigenvalue weighted by Gasteiger charge is -2.40. The van der Waals surface area contributed by atoms with Gasteiger partial charge >= 0.3 is 12.1 Å². The molecule has 1 aromatic carbocycles. The summed E-state index contributed by atoms with van der Waals surface area (Å²) in [6, 6.07) is 6.46. The summed E-state index contributed by atoms with van der Waals surface area (Å²) in [4.78, 5) is 47.3. The van der Waals surface area contributed by atoms with Crippen LogP contribution in [-0.2, 0) is 11.3 Å². The van der Waals surface area contributed by atoms with Crippen LogP contribution in [0.3, 0.4) is 0 Å². The Morgan fingerprint density at radius 1 is 1.11 bits per heavy atom. The van der Waals surface area contributed by atoms with E-state index in [1.807, 2.05) is 68.7 Å². The molecule has 1 atom stereocenters. The fraction of sp³-hybridized carbons (Fsp3) is 0.520. The molecule has 1 saturated heterocycles. The van der Waals surface area contributed by atoms with Crippen LogP contribution in [0.15, 0.2) is 24.3 Å². The fourth-order valence-corrected chi connectivity index (χ4v) is 5.22. The van der Waals surface area contributed by atoms with Crippen molar-refractivity contribution in [1.29, 1.82) is 0 Å². The number of nitrogens with zero attached hydrogens (tertiary/aromatic N) is 4. The second kappa shape index (κ2) is 9.79. The lowest BCUT2D eigenvalue weighted by atomic mass is 9.85. The number of hydrogen-bond donors (Lipinski definition) is 2. The minimum absolute atomic E-state index is 0.0237. The molecule has 0 radical (unpaired) electrons. The van der Waals surface area contributed by atoms with Crippen LogP contribution in [0.25, 0.3) is 0 Å². The number of piperidine rings is 1. The van der Waals surface area contributed by atoms with Crippen LogP contribution in [-0.4, -0.2) is 62.5 Å². The first-order valence-electron chi connectivity index (χ1n) is 11.9. The largest absolute Gasteiger partial charge is 0.341 e. The molecular weight excluding hydrogens is 559 g/mol. The normalized spacial score (nSPS) is 17.4. The van der Waals surface area contributed by atoms with Crippen LogP contribution in [0.1, 0.15) is 50.8 Å². The molecule has 9 nitrogen and oxygen atoms in total. The van der Waals surface area contributed by atoms with E-state index in [1.54, 1.807) is 4.57 Å². The molecule has 2 aliphatic rings. The third kappa shape index (κ3) is 5.31. The minimum atomic E-state index is -0.673. The predicted octanol–water partition coefficient (Wildman–Crippen LogP) is 4.12. The molecule has 2 aliphatic heterocycles. The number of likely N-dealkylation sites (tertiary alicyclic amines) is 1. The molecule has 2 aromatic rings. The number of nitrogens with one attached hydrogen (secondary N) is 2. The summed E-state index contributed by atoms with van der Waals surface area (Å²) in [5.41, 5.74) is 2.06. The first-order valence-corrected chi connectivity index (χ1v) is 13.0. The number of hydrogen-bond acceptors (Lipinski definition) is 4. The molecule has 4 amide bonds. The van der Waals surface area contributed by atoms with E-state index in [4.69, 9.17) is 0 Å². The summed E-state index contributed by atoms with van der Waals surface area (Å²) in [6.07, 6.45) is 1.42. The Morgan fingerprint density at radius 3 is 2.31 bits per heavy atom. The van der Waals surface area contributed by atoms with Gasteiger partial charge in [-0.2, -0.15) is 0 Å². The van der Waals surface area contributed by atoms with E-state index in [0.29, 0.717) is 38.2 Å². The second-order valence-electron chi connectivity index (χ2n) is 10.4. The number of urea groups is 1. The predicted molar refractivity (Wildman–Crippen MR) is 142 cm³/mol. The smallest absolute Gasteiger partial charge is 0.330 e. The molecule has 0 saturated carbocycles. The van der Waals surface area contributed by atoms with Crippen molar-refractivity contribution in [3.63, 3.8) is 0 Å². The Morgan fingerprint density at radius 2 is 1.74 bits per heavy atom. The van der Waals surface area contributed by atoms with E-state index in [-0.39, 0.29) is 18.0 Å². The van der Waals surface area contributed by atoms with Crippen molar-refractivity contribution in [2.24, 2.45) is 5.41 Å². The van der Waals surface area contributed by atoms with Gasteiger partial charge < -0.3 is 20.4 Å². The number of fused-ring (bicyclic) bond motifs is 1. The maximum absolute atomic E-state index is 13.5. The molecule has 0 bridgehead atoms. The summed E-state index contributed by atoms with van der Waals surface area (Å²) in [5, 5.41) is 5.71. The molecule has 0 unspecified atom stereocenters. The molecule has 0 spiro atoms. The van der Waals surface area contributed by atoms with Gasteiger partial charge in [0.05, 0.1) is 17.9 Å². The van der Waals surface area contributed by atoms with E-state index in [1.165, 1.54) is 0 Å². The van der Waals surface area contributed by atoms with Crippen LogP contribution in [0.4, 0.5) is 15.3 Å². The second-order valence-corrected chi connectivity index (χ2v) is 11.6. The number of amides is 4. The quantitative estimate of drug-likeness (QED) is 0.522. The zero-order valence-corrected chi connectivity index (χ0v) is 23.0. The topological polar surface area (TPSA) is 99.6 Å². The number of rotatable bonds is 4. The zero-order chi connectivity index (χ0) is 25.5. The van der Waals surface area contributed by atoms with Crippen molar-refractivity contribution in [2.45, 2.75) is 66.1 Å². The minimum Gasteiger partial charge on any atom is -0.341 e. The Labute approximate surface area is 219 Å². The fourth-order valence-electron chi connectivity index (χ4n) is 4.86. The van der Waals surface area contributed by atoms with Gasteiger partial charge in [0.15, 0.2) is 0 Å². The van der Waals surface area contributed by atoms with Crippen molar-refractivity contribution >= 4 is 46.2 Å². The molecule has 2 N–H and O–H groups in total. The highest BCUT2D eigenvalue weighted by atomic mass is 127. The molecule has 35 heavy (non-hydrogen) atoms. The van der Waals surface area contributed by atoms with Crippen molar-refractivity contribution in [1.82, 2.24) is 24.7 Å². The Hall–Kier alpha value is -2.63. The van der Waals surface area contributed by atoms with Gasteiger partial charge in [0.25, 0.3) is 0 Å². The summed E-state index contributed by atoms with van der Waals surface area (Å²) < 4.78 is 2.78. The van der Waals surface area contributed by atoms with Gasteiger partial charge in [0.2, 0.25) is 5.91 Å². The monoisotopic (exact) mass is 592 g/mol. The van der Waals surface area contributed by atoms with E-state index >= 15 is 0 Å². The number of aromatic nitrogens is 2. The molecule has 1 aromatic heterocycles. The highest BCUT2D eigenvalue weighted by molar-refractivity contribution is 14.1. The highest BCUT2D eigenvalue weighted by Gasteiger charge is 2.40. The molecule has 3 heterocycles. The lowest BCUT2D eigenvalue weighted by Crippen LogP contribution is -2.57. The Kier molecular flexibility index (Phi) is 7.12. The molecule has 1 fully saturated rings. The van der Waals surface area contributed by atoms with E-state index in [2.05, 4.69) is 38.2 Å². The Bertz CT molecular complexity index is 1130. The van der Waals surface area contributed by atoms with Crippen LogP contribution >= 0.6 is 22.6 Å². The van der Waals surface area contributed by atoms with Crippen molar-refractivity contribution < 1.29 is 14.4 Å². The highest BCUT2D eigenvalue weighted by Crippen LogP contribution is 2.29. The third-order valence-corrected chi connectivity index (χ3v) is 7.52. The molecule has 10 heteroatoms. The molecule has 188 valence electrons. The number of benzene rings is 1. The van der Waals surface area contributed by atoms with E-state index in [0.717, 1.165) is 20.8 Å². The number of carbonyl (C=O) groups excluding carboxylic acids is 3. The van der Waals surface area contributed by atoms with Crippen LogP contribution < -0.4 is 10.6 Å². The number of halogens is 1. The third-order valence-electron chi connectivity index (χ3n) is 6.81. The maximum Gasteiger partial charge on any atom is 0.330 e. The van der Waals surface area contributed by atoms with Crippen molar-refractivity contribution in [3.05, 3.63) is 45.0 Å². The van der Waals surface area contributed by atoms with E-state index in [9.17, 15) is 14.4 Å². The van der Waals surface area contributed by atoms with Gasteiger partial charge in [-0.05, 0) is 79.0 Å². The van der Waals surface area contributed by atoms with Gasteiger partial charge in [0.1, 0.15) is 11.9 Å². The summed E-state index contributed by atoms with van der Waals surface area (Å²) in [6.45, 7) is 11.3. The number of aryl methyl sites for hydroxylation is 2. The standard InChI is InChI=1S/C25H33IN6O3/c1-15-20-14-31(24(35)32(20)16(2)27-15)19-10-12-30(13-11-19)22(33)21(25(3,4)5)29-23(34)28-18-8-6-17(26)7-9-18/h6-9,19,21H,10-14H2,1-5H3,(H2,28,29,34)/t21-/m0/s1. The van der Waals surface area contributed by atoms with Crippen LogP contribution in [0.5, 0.6) is 0 Å². The number of carbonyl (C=O) groups is 3. The van der Waals surface area contributed by atoms with Gasteiger partial charge in [-0.25, -0.2) is 14.6 Å². The van der Waals surface area contributed by atoms with Gasteiger partial charge in [-0.15, -0.1) is 0 Å². The van der Waals surface area contributed by atoms with E-state index < -0.39 is 17.5 Å². The average molecular weight is 592 g/mol. The average Bonchev–Trinajstić information content (AvgIpc) is 3.29. The van der Waals surface area contributed by atoms with Crippen LogP contribution in [0, 0.1) is 22.8 Å². The molecular formula is C25H33IN6O3. The number of imidazole rings is 1. The maximum atomic E-state index is 13.5. The van der Waals surface area contributed by atoms with Gasteiger partial charge in [-0.1, -0.05) is 20.8 Å². The lowest BCUT2D eigenvalue weighted by molar-refractivity contribution is -0.137. The number of anilines is 1. The van der Waals surface area contributed by atoms with Gasteiger partial charge in [0, 0.05) is 28.4 Å². The molecule has 4 rings (SSSR count). The SMILES string of the molecule is Cc1nc(C)n2c1CN(C1CCN(C(=O)[C@H](NC(=O)Nc3ccc(I)cc3)C(C)(C)C)CC1)C2=O. The molecule has 0 aliphatic carbocycles. The summed E-state index contributed by atoms with van der Waals surface area (Å²) >= 11 is 2.21. The van der Waals surface area contributed by atoms with Crippen molar-refractivity contribution in [3.8, 4) is 0 Å². The Balaban J connectivity index is 1.37. The summed E-state index contributed by atoms with van der Waals surface area (Å²) in [5.74, 6) is 0.629.